The number of hydrogen-bond acceptors (Lipinski definition) is 5. The molecule has 0 fully saturated rings. The maximum absolute atomic E-state index is 10.8. The van der Waals surface area contributed by atoms with Crippen LogP contribution in [0.4, 0.5) is 0 Å². The Morgan fingerprint density at radius 2 is 2.25 bits per heavy atom. The number of rotatable bonds is 6. The zero-order valence-corrected chi connectivity index (χ0v) is 7.67. The smallest absolute Gasteiger partial charge is 0.327 e. The average molecular weight is 175 g/mol. The van der Waals surface area contributed by atoms with Crippen molar-refractivity contribution in [3.05, 3.63) is 0 Å². The molecule has 0 rings (SSSR count). The minimum absolute atomic E-state index is 0.333. The average Bonchev–Trinajstić information content (AvgIpc) is 2.02. The zero-order chi connectivity index (χ0) is 9.40. The van der Waals surface area contributed by atoms with Gasteiger partial charge in [-0.15, -0.1) is 0 Å². The summed E-state index contributed by atoms with van der Waals surface area (Å²) in [7, 11) is 1.96. The summed E-state index contributed by atoms with van der Waals surface area (Å²) in [5.74, 6) is 4.45. The van der Waals surface area contributed by atoms with Crippen LogP contribution >= 0.6 is 0 Å². The van der Waals surface area contributed by atoms with Crippen molar-refractivity contribution in [2.45, 2.75) is 19.8 Å². The van der Waals surface area contributed by atoms with Crippen molar-refractivity contribution in [1.29, 1.82) is 0 Å². The van der Waals surface area contributed by atoms with E-state index in [1.54, 1.807) is 0 Å². The van der Waals surface area contributed by atoms with Crippen molar-refractivity contribution >= 4 is 5.97 Å². The minimum Gasteiger partial charge on any atom is -0.356 e. The molecule has 0 aromatic rings. The Hall–Kier alpha value is -0.650. The molecule has 0 saturated carbocycles. The van der Waals surface area contributed by atoms with Crippen LogP contribution < -0.4 is 11.4 Å². The second kappa shape index (κ2) is 7.02. The summed E-state index contributed by atoms with van der Waals surface area (Å²) in [5.41, 5.74) is 1.86. The van der Waals surface area contributed by atoms with Gasteiger partial charge in [-0.2, -0.15) is 0 Å². The van der Waals surface area contributed by atoms with Gasteiger partial charge in [-0.05, 0) is 20.0 Å². The molecule has 12 heavy (non-hydrogen) atoms. The molecule has 0 bridgehead atoms. The topological polar surface area (TPSA) is 67.6 Å². The monoisotopic (exact) mass is 175 g/mol. The first kappa shape index (κ1) is 11.4. The summed E-state index contributed by atoms with van der Waals surface area (Å²) in [4.78, 5) is 17.2. The van der Waals surface area contributed by atoms with Gasteiger partial charge >= 0.3 is 5.97 Å². The number of nitrogens with one attached hydrogen (secondary N) is 1. The van der Waals surface area contributed by atoms with E-state index in [9.17, 15) is 4.79 Å². The molecule has 0 aromatic heterocycles. The van der Waals surface area contributed by atoms with Crippen molar-refractivity contribution in [2.24, 2.45) is 5.84 Å². The molecular weight excluding hydrogens is 158 g/mol. The first-order chi connectivity index (χ1) is 5.70. The number of hydrazine groups is 1. The Morgan fingerprint density at radius 3 is 2.75 bits per heavy atom. The van der Waals surface area contributed by atoms with E-state index in [0.29, 0.717) is 13.0 Å². The quantitative estimate of drug-likeness (QED) is 0.426. The summed E-state index contributed by atoms with van der Waals surface area (Å²) in [5, 5.41) is 0. The van der Waals surface area contributed by atoms with Gasteiger partial charge in [0.25, 0.3) is 0 Å². The molecule has 0 aliphatic carbocycles. The lowest BCUT2D eigenvalue weighted by molar-refractivity contribution is -0.151. The summed E-state index contributed by atoms with van der Waals surface area (Å²) < 4.78 is 0. The van der Waals surface area contributed by atoms with Crippen LogP contribution in [-0.2, 0) is 9.63 Å². The van der Waals surface area contributed by atoms with Gasteiger partial charge in [0.2, 0.25) is 0 Å². The van der Waals surface area contributed by atoms with Gasteiger partial charge in [-0.25, -0.2) is 5.84 Å². The van der Waals surface area contributed by atoms with Crippen molar-refractivity contribution in [3.8, 4) is 0 Å². The van der Waals surface area contributed by atoms with Gasteiger partial charge in [-0.1, -0.05) is 12.5 Å². The molecule has 0 aromatic carbocycles. The molecule has 3 N–H and O–H groups in total. The van der Waals surface area contributed by atoms with E-state index in [1.165, 1.54) is 0 Å². The Morgan fingerprint density at radius 1 is 1.58 bits per heavy atom. The predicted octanol–water partition coefficient (Wildman–Crippen LogP) is -0.360. The highest BCUT2D eigenvalue weighted by Gasteiger charge is 2.03. The van der Waals surface area contributed by atoms with Gasteiger partial charge in [0.1, 0.15) is 0 Å². The molecule has 0 aliphatic heterocycles. The lowest BCUT2D eigenvalue weighted by Crippen LogP contribution is -2.29. The lowest BCUT2D eigenvalue weighted by Gasteiger charge is -2.13. The number of nitrogens with zero attached hydrogens (tertiary/aromatic N) is 1. The van der Waals surface area contributed by atoms with Crippen LogP contribution in [0.1, 0.15) is 19.8 Å². The molecule has 0 amide bonds. The Balaban J connectivity index is 3.33. The van der Waals surface area contributed by atoms with Gasteiger partial charge in [-0.3, -0.25) is 4.79 Å². The van der Waals surface area contributed by atoms with Crippen molar-refractivity contribution in [2.75, 3.05) is 20.1 Å². The Labute approximate surface area is 72.8 Å². The van der Waals surface area contributed by atoms with E-state index in [0.717, 1.165) is 13.0 Å². The van der Waals surface area contributed by atoms with Crippen molar-refractivity contribution in [3.63, 3.8) is 0 Å². The van der Waals surface area contributed by atoms with E-state index in [-0.39, 0.29) is 5.97 Å². The largest absolute Gasteiger partial charge is 0.356 e. The molecular formula is C7H17N3O2. The van der Waals surface area contributed by atoms with Crippen molar-refractivity contribution < 1.29 is 9.63 Å². The zero-order valence-electron chi connectivity index (χ0n) is 7.67. The maximum Gasteiger partial charge on any atom is 0.327 e. The summed E-state index contributed by atoms with van der Waals surface area (Å²) in [6.07, 6.45) is 1.45. The summed E-state index contributed by atoms with van der Waals surface area (Å²) in [6, 6.07) is 0. The molecule has 0 atom stereocenters. The maximum atomic E-state index is 10.8. The molecule has 72 valence electrons. The van der Waals surface area contributed by atoms with Crippen LogP contribution in [-0.4, -0.2) is 31.0 Å². The van der Waals surface area contributed by atoms with Crippen LogP contribution in [0.2, 0.25) is 0 Å². The second-order valence-corrected chi connectivity index (χ2v) is 2.65. The fourth-order valence-electron chi connectivity index (χ4n) is 0.892. The van der Waals surface area contributed by atoms with E-state index < -0.39 is 0 Å². The highest BCUT2D eigenvalue weighted by Crippen LogP contribution is 1.90. The standard InChI is InChI=1S/C7H17N3O2/c1-3-5-10(2)6-4-7(11)12-9-8/h9H,3-6,8H2,1-2H3. The normalized spacial score (nSPS) is 10.3. The molecule has 5 nitrogen and oxygen atoms in total. The van der Waals surface area contributed by atoms with Crippen LogP contribution in [0.3, 0.4) is 0 Å². The van der Waals surface area contributed by atoms with Crippen LogP contribution in [0.25, 0.3) is 0 Å². The molecule has 0 aliphatic rings. The number of hydrogen-bond donors (Lipinski definition) is 2. The van der Waals surface area contributed by atoms with Gasteiger partial charge in [0.15, 0.2) is 0 Å². The third-order valence-electron chi connectivity index (χ3n) is 1.48. The van der Waals surface area contributed by atoms with Gasteiger partial charge in [0, 0.05) is 6.54 Å². The fourth-order valence-corrected chi connectivity index (χ4v) is 0.892. The van der Waals surface area contributed by atoms with Gasteiger partial charge < -0.3 is 9.74 Å². The first-order valence-corrected chi connectivity index (χ1v) is 4.04. The van der Waals surface area contributed by atoms with Gasteiger partial charge in [0.05, 0.1) is 6.42 Å². The fraction of sp³-hybridized carbons (Fsp3) is 0.857. The molecule has 0 heterocycles. The van der Waals surface area contributed by atoms with E-state index in [2.05, 4.69) is 16.7 Å². The SMILES string of the molecule is CCCN(C)CCC(=O)ONN. The molecule has 0 spiro atoms. The number of carbonyl (C=O) groups excluding carboxylic acids is 1. The minimum atomic E-state index is -0.333. The van der Waals surface area contributed by atoms with Crippen LogP contribution in [0.15, 0.2) is 0 Å². The van der Waals surface area contributed by atoms with Crippen molar-refractivity contribution in [1.82, 2.24) is 10.5 Å². The van der Waals surface area contributed by atoms with E-state index in [4.69, 9.17) is 5.84 Å². The summed E-state index contributed by atoms with van der Waals surface area (Å²) >= 11 is 0. The van der Waals surface area contributed by atoms with E-state index >= 15 is 0 Å². The second-order valence-electron chi connectivity index (χ2n) is 2.65. The first-order valence-electron chi connectivity index (χ1n) is 4.04. The lowest BCUT2D eigenvalue weighted by atomic mass is 10.3. The predicted molar refractivity (Wildman–Crippen MR) is 45.8 cm³/mol. The molecule has 0 radical (unpaired) electrons. The third kappa shape index (κ3) is 6.09. The highest BCUT2D eigenvalue weighted by atomic mass is 16.7. The number of carbonyl (C=O) groups is 1. The highest BCUT2D eigenvalue weighted by molar-refractivity contribution is 5.69. The Bertz CT molecular complexity index is 130. The van der Waals surface area contributed by atoms with Crippen LogP contribution in [0.5, 0.6) is 0 Å². The van der Waals surface area contributed by atoms with Crippen LogP contribution in [0, 0.1) is 0 Å². The molecule has 5 heteroatoms. The summed E-state index contributed by atoms with van der Waals surface area (Å²) in [6.45, 7) is 3.79. The third-order valence-corrected chi connectivity index (χ3v) is 1.48. The molecule has 0 saturated heterocycles. The number of nitrogens with two attached hydrogens (primary N) is 1. The van der Waals surface area contributed by atoms with E-state index in [1.807, 2.05) is 12.6 Å². The molecule has 0 unspecified atom stereocenters. The Kier molecular flexibility index (Phi) is 6.64.